The molecule has 0 bridgehead atoms. The number of hydrogen-bond donors (Lipinski definition) is 2. The van der Waals surface area contributed by atoms with Crippen molar-refractivity contribution < 1.29 is 19.0 Å². The molecule has 0 spiro atoms. The molecule has 1 atom stereocenters. The third-order valence-electron chi connectivity index (χ3n) is 9.49. The van der Waals surface area contributed by atoms with Crippen molar-refractivity contribution in [3.8, 4) is 11.1 Å². The lowest BCUT2D eigenvalue weighted by atomic mass is 9.81. The minimum absolute atomic E-state index is 0.198. The fourth-order valence-electron chi connectivity index (χ4n) is 6.90. The number of carbonyl (C=O) groups is 1. The summed E-state index contributed by atoms with van der Waals surface area (Å²) >= 11 is 0. The fourth-order valence-corrected chi connectivity index (χ4v) is 6.90. The highest BCUT2D eigenvalue weighted by Crippen LogP contribution is 2.45. The highest BCUT2D eigenvalue weighted by Gasteiger charge is 2.37. The molecule has 5 rings (SSSR count). The number of aromatic nitrogens is 1. The number of aryl methyl sites for hydroxylation is 2. The average molecular weight is 631 g/mol. The molecule has 2 aromatic carbocycles. The van der Waals surface area contributed by atoms with E-state index in [1.54, 1.807) is 12.1 Å². The number of benzene rings is 2. The summed E-state index contributed by atoms with van der Waals surface area (Å²) in [6.07, 6.45) is 1.77. The van der Waals surface area contributed by atoms with E-state index in [1.807, 2.05) is 47.7 Å². The zero-order valence-electron chi connectivity index (χ0n) is 28.9. The van der Waals surface area contributed by atoms with Crippen LogP contribution in [0.3, 0.4) is 0 Å². The van der Waals surface area contributed by atoms with Gasteiger partial charge < -0.3 is 20.1 Å². The van der Waals surface area contributed by atoms with Crippen LogP contribution in [0.25, 0.3) is 11.1 Å². The number of rotatable bonds is 9. The smallest absolute Gasteiger partial charge is 0.337 e. The molecule has 2 aliphatic rings. The molecule has 1 saturated heterocycles. The van der Waals surface area contributed by atoms with Gasteiger partial charge in [-0.15, -0.1) is 0 Å². The van der Waals surface area contributed by atoms with Gasteiger partial charge in [0.2, 0.25) is 0 Å². The fraction of sp³-hybridized carbons (Fsp3) is 0.526. The normalized spacial score (nSPS) is 17.5. The SMILES string of the molecule is CNCc1nc(C)c(C(OC(C)(C)C)C(=O)O)c(N2CCC(C)(C)CC2)c1-c1ccc2c(c1)CCN(Cc1ccc(F)cc1C)C2. The molecule has 0 saturated carbocycles. The number of hydrogen-bond acceptors (Lipinski definition) is 6. The lowest BCUT2D eigenvalue weighted by Crippen LogP contribution is -2.39. The second-order valence-electron chi connectivity index (χ2n) is 14.9. The summed E-state index contributed by atoms with van der Waals surface area (Å²) in [6, 6.07) is 11.7. The molecule has 2 aliphatic heterocycles. The van der Waals surface area contributed by atoms with Crippen molar-refractivity contribution in [1.82, 2.24) is 15.2 Å². The number of aliphatic carboxylic acids is 1. The van der Waals surface area contributed by atoms with Gasteiger partial charge in [0.25, 0.3) is 0 Å². The minimum Gasteiger partial charge on any atom is -0.479 e. The summed E-state index contributed by atoms with van der Waals surface area (Å²) in [5.41, 5.74) is 9.51. The number of carboxylic acids is 1. The Kier molecular flexibility index (Phi) is 9.92. The Hall–Kier alpha value is -3.33. The van der Waals surface area contributed by atoms with E-state index in [4.69, 9.17) is 9.72 Å². The number of piperidine rings is 1. The van der Waals surface area contributed by atoms with E-state index < -0.39 is 17.7 Å². The average Bonchev–Trinajstić information content (AvgIpc) is 2.97. The quantitative estimate of drug-likeness (QED) is 0.256. The Bertz CT molecular complexity index is 1590. The Morgan fingerprint density at radius 1 is 1.09 bits per heavy atom. The first kappa shape index (κ1) is 34.0. The summed E-state index contributed by atoms with van der Waals surface area (Å²) in [4.78, 5) is 22.8. The molecule has 3 aromatic rings. The van der Waals surface area contributed by atoms with Gasteiger partial charge in [-0.3, -0.25) is 9.88 Å². The molecule has 0 radical (unpaired) electrons. The highest BCUT2D eigenvalue weighted by atomic mass is 19.1. The second kappa shape index (κ2) is 13.4. The van der Waals surface area contributed by atoms with Gasteiger partial charge in [-0.1, -0.05) is 38.1 Å². The summed E-state index contributed by atoms with van der Waals surface area (Å²) in [6.45, 7) is 18.9. The molecule has 1 unspecified atom stereocenters. The summed E-state index contributed by atoms with van der Waals surface area (Å²) in [7, 11) is 1.92. The Morgan fingerprint density at radius 3 is 2.43 bits per heavy atom. The van der Waals surface area contributed by atoms with Crippen LogP contribution in [0.5, 0.6) is 0 Å². The first-order valence-corrected chi connectivity index (χ1v) is 16.6. The molecular formula is C38H51FN4O3. The van der Waals surface area contributed by atoms with Crippen LogP contribution in [0.4, 0.5) is 10.1 Å². The third-order valence-corrected chi connectivity index (χ3v) is 9.49. The van der Waals surface area contributed by atoms with Gasteiger partial charge in [-0.25, -0.2) is 9.18 Å². The Labute approximate surface area is 274 Å². The van der Waals surface area contributed by atoms with Crippen LogP contribution >= 0.6 is 0 Å². The third kappa shape index (κ3) is 7.62. The number of ether oxygens (including phenoxy) is 1. The van der Waals surface area contributed by atoms with Crippen LogP contribution in [0.1, 0.15) is 92.8 Å². The lowest BCUT2D eigenvalue weighted by molar-refractivity contribution is -0.160. The molecule has 248 valence electrons. The van der Waals surface area contributed by atoms with Crippen molar-refractivity contribution in [2.45, 2.75) is 99.1 Å². The zero-order chi connectivity index (χ0) is 33.4. The summed E-state index contributed by atoms with van der Waals surface area (Å²) in [5.74, 6) is -1.20. The van der Waals surface area contributed by atoms with Gasteiger partial charge in [0.15, 0.2) is 6.10 Å². The monoisotopic (exact) mass is 630 g/mol. The topological polar surface area (TPSA) is 77.9 Å². The van der Waals surface area contributed by atoms with Gasteiger partial charge >= 0.3 is 5.97 Å². The zero-order valence-corrected chi connectivity index (χ0v) is 28.9. The van der Waals surface area contributed by atoms with Gasteiger partial charge in [-0.05, 0) is 106 Å². The van der Waals surface area contributed by atoms with Crippen LogP contribution in [0.15, 0.2) is 36.4 Å². The predicted octanol–water partition coefficient (Wildman–Crippen LogP) is 7.35. The molecular weight excluding hydrogens is 579 g/mol. The first-order chi connectivity index (χ1) is 21.7. The van der Waals surface area contributed by atoms with E-state index in [0.29, 0.717) is 17.8 Å². The number of pyridine rings is 1. The molecule has 3 heterocycles. The number of nitrogens with one attached hydrogen (secondary N) is 1. The molecule has 0 amide bonds. The van der Waals surface area contributed by atoms with E-state index in [1.165, 1.54) is 11.1 Å². The second-order valence-corrected chi connectivity index (χ2v) is 14.9. The Morgan fingerprint density at radius 2 is 1.80 bits per heavy atom. The predicted molar refractivity (Wildman–Crippen MR) is 183 cm³/mol. The molecule has 0 aliphatic carbocycles. The molecule has 2 N–H and O–H groups in total. The maximum Gasteiger partial charge on any atom is 0.337 e. The van der Waals surface area contributed by atoms with E-state index >= 15 is 0 Å². The van der Waals surface area contributed by atoms with Crippen LogP contribution < -0.4 is 10.2 Å². The van der Waals surface area contributed by atoms with Crippen LogP contribution in [0, 0.1) is 25.1 Å². The summed E-state index contributed by atoms with van der Waals surface area (Å²) in [5, 5.41) is 13.9. The highest BCUT2D eigenvalue weighted by molar-refractivity contribution is 5.88. The van der Waals surface area contributed by atoms with E-state index in [9.17, 15) is 14.3 Å². The van der Waals surface area contributed by atoms with Gasteiger partial charge in [0, 0.05) is 56.1 Å². The number of fused-ring (bicyclic) bond motifs is 1. The van der Waals surface area contributed by atoms with Crippen molar-refractivity contribution in [2.75, 3.05) is 31.6 Å². The minimum atomic E-state index is -1.15. The van der Waals surface area contributed by atoms with Crippen molar-refractivity contribution in [1.29, 1.82) is 0 Å². The van der Waals surface area contributed by atoms with Crippen molar-refractivity contribution in [3.63, 3.8) is 0 Å². The van der Waals surface area contributed by atoms with Crippen molar-refractivity contribution >= 4 is 11.7 Å². The number of carboxylic acid groups (broad SMARTS) is 1. The number of anilines is 1. The van der Waals surface area contributed by atoms with E-state index in [2.05, 4.69) is 47.2 Å². The van der Waals surface area contributed by atoms with Gasteiger partial charge in [-0.2, -0.15) is 0 Å². The molecule has 8 heteroatoms. The summed E-state index contributed by atoms with van der Waals surface area (Å²) < 4.78 is 20.0. The van der Waals surface area contributed by atoms with Crippen molar-refractivity contribution in [2.24, 2.45) is 5.41 Å². The maximum atomic E-state index is 13.7. The van der Waals surface area contributed by atoms with E-state index in [0.717, 1.165) is 85.6 Å². The number of nitrogens with zero attached hydrogens (tertiary/aromatic N) is 3. The van der Waals surface area contributed by atoms with Gasteiger partial charge in [0.1, 0.15) is 5.82 Å². The largest absolute Gasteiger partial charge is 0.479 e. The molecule has 1 fully saturated rings. The van der Waals surface area contributed by atoms with Crippen LogP contribution in [-0.4, -0.2) is 53.2 Å². The van der Waals surface area contributed by atoms with Crippen LogP contribution in [-0.2, 0) is 35.6 Å². The first-order valence-electron chi connectivity index (χ1n) is 16.6. The van der Waals surface area contributed by atoms with E-state index in [-0.39, 0.29) is 11.2 Å². The molecule has 7 nitrogen and oxygen atoms in total. The lowest BCUT2D eigenvalue weighted by Gasteiger charge is -2.41. The van der Waals surface area contributed by atoms with Crippen molar-refractivity contribution in [3.05, 3.63) is 81.4 Å². The Balaban J connectivity index is 1.61. The van der Waals surface area contributed by atoms with Gasteiger partial charge in [0.05, 0.1) is 17.0 Å². The number of halogens is 1. The van der Waals surface area contributed by atoms with Crippen LogP contribution in [0.2, 0.25) is 0 Å². The standard InChI is InChI=1S/C38H51FN4O3/c1-24-19-30(39)12-11-28(24)22-42-16-13-26-20-27(9-10-29(26)23-42)33-31(21-40-8)41-25(2)32(35(36(44)45)46-37(3,4)5)34(33)43-17-14-38(6,7)15-18-43/h9-12,19-20,35,40H,13-18,21-23H2,1-8H3,(H,44,45). The maximum absolute atomic E-state index is 13.7. The molecule has 46 heavy (non-hydrogen) atoms. The molecule has 1 aromatic heterocycles.